The first kappa shape index (κ1) is 36.4. The van der Waals surface area contributed by atoms with Crippen molar-refractivity contribution in [1.29, 1.82) is 0 Å². The lowest BCUT2D eigenvalue weighted by atomic mass is 10.0. The molecule has 11 aromatic rings. The summed E-state index contributed by atoms with van der Waals surface area (Å²) in [6.45, 7) is 0. The van der Waals surface area contributed by atoms with Crippen LogP contribution in [0.15, 0.2) is 224 Å². The van der Waals surface area contributed by atoms with Crippen LogP contribution >= 0.6 is 0 Å². The molecule has 0 atom stereocenters. The highest BCUT2D eigenvalue weighted by atomic mass is 15.0. The van der Waals surface area contributed by atoms with Crippen LogP contribution in [0.3, 0.4) is 0 Å². The Balaban J connectivity index is 0.977. The van der Waals surface area contributed by atoms with Gasteiger partial charge in [-0.25, -0.2) is 15.0 Å². The van der Waals surface area contributed by atoms with Gasteiger partial charge in [-0.1, -0.05) is 170 Å². The van der Waals surface area contributed by atoms with E-state index in [1.54, 1.807) is 0 Å². The van der Waals surface area contributed by atoms with Gasteiger partial charge in [-0.2, -0.15) is 0 Å². The van der Waals surface area contributed by atoms with Crippen molar-refractivity contribution in [2.45, 2.75) is 6.42 Å². The number of benzene rings is 8. The Morgan fingerprint density at radius 2 is 0.810 bits per heavy atom. The maximum Gasteiger partial charge on any atom is 0.164 e. The molecule has 1 aliphatic rings. The number of hydrogen-bond donors (Lipinski definition) is 0. The van der Waals surface area contributed by atoms with Gasteiger partial charge in [0.1, 0.15) is 0 Å². The molecule has 3 aromatic heterocycles. The van der Waals surface area contributed by atoms with Gasteiger partial charge in [-0.15, -0.1) is 0 Å². The zero-order chi connectivity index (χ0) is 41.7. The quantitative estimate of drug-likeness (QED) is 0.161. The zero-order valence-electron chi connectivity index (χ0n) is 34.3. The van der Waals surface area contributed by atoms with Crippen LogP contribution in [0.25, 0.3) is 100 Å². The topological polar surface area (TPSA) is 48.5 Å². The van der Waals surface area contributed by atoms with E-state index in [0.29, 0.717) is 17.5 Å². The summed E-state index contributed by atoms with van der Waals surface area (Å²) in [4.78, 5) is 15.1. The summed E-state index contributed by atoms with van der Waals surface area (Å²) in [7, 11) is 0. The molecule has 0 amide bonds. The van der Waals surface area contributed by atoms with E-state index >= 15 is 0 Å². The molecule has 8 aromatic carbocycles. The first-order valence-corrected chi connectivity index (χ1v) is 21.4. The number of hydrogen-bond acceptors (Lipinski definition) is 3. The second kappa shape index (κ2) is 15.2. The van der Waals surface area contributed by atoms with E-state index in [0.717, 1.165) is 56.7 Å². The molecular weight excluding hydrogens is 767 g/mol. The fraction of sp³-hybridized carbons (Fsp3) is 0.0172. The lowest BCUT2D eigenvalue weighted by molar-refractivity contribution is 1.04. The predicted molar refractivity (Wildman–Crippen MR) is 261 cm³/mol. The van der Waals surface area contributed by atoms with Crippen molar-refractivity contribution < 1.29 is 0 Å². The van der Waals surface area contributed by atoms with Gasteiger partial charge < -0.3 is 9.13 Å². The molecule has 63 heavy (non-hydrogen) atoms. The van der Waals surface area contributed by atoms with Crippen molar-refractivity contribution in [3.05, 3.63) is 236 Å². The van der Waals surface area contributed by atoms with E-state index < -0.39 is 0 Å². The SMILES string of the molecule is C1=CC(c2ccc3c4ccccc4n(-c4cccc(-c5ccc6c7ccccc7n(-c7ccccc7)c6c5)c4)c3c2)=CC(c2nc(-c3ccccc3)nc(-c3ccccc3)n2)=CC1. The molecule has 0 N–H and O–H groups in total. The van der Waals surface area contributed by atoms with Crippen LogP contribution in [-0.4, -0.2) is 24.1 Å². The molecule has 5 nitrogen and oxygen atoms in total. The van der Waals surface area contributed by atoms with Crippen molar-refractivity contribution in [2.24, 2.45) is 0 Å². The highest BCUT2D eigenvalue weighted by Crippen LogP contribution is 2.38. The predicted octanol–water partition coefficient (Wildman–Crippen LogP) is 14.5. The minimum absolute atomic E-state index is 0.651. The smallest absolute Gasteiger partial charge is 0.164 e. The second-order valence-corrected chi connectivity index (χ2v) is 16.0. The fourth-order valence-corrected chi connectivity index (χ4v) is 9.20. The Bertz CT molecular complexity index is 3570. The third-order valence-electron chi connectivity index (χ3n) is 12.2. The van der Waals surface area contributed by atoms with Crippen molar-refractivity contribution in [1.82, 2.24) is 24.1 Å². The third kappa shape index (κ3) is 6.46. The Labute approximate surface area is 364 Å². The molecule has 5 heteroatoms. The van der Waals surface area contributed by atoms with Crippen LogP contribution in [0.2, 0.25) is 0 Å². The normalized spacial score (nSPS) is 12.8. The molecule has 0 saturated carbocycles. The van der Waals surface area contributed by atoms with Crippen molar-refractivity contribution in [2.75, 3.05) is 0 Å². The van der Waals surface area contributed by atoms with Crippen LogP contribution in [0.1, 0.15) is 17.8 Å². The van der Waals surface area contributed by atoms with Gasteiger partial charge in [0.25, 0.3) is 0 Å². The molecule has 0 unspecified atom stereocenters. The lowest BCUT2D eigenvalue weighted by Crippen LogP contribution is -2.02. The van der Waals surface area contributed by atoms with Crippen LogP contribution in [0.5, 0.6) is 0 Å². The second-order valence-electron chi connectivity index (χ2n) is 16.0. The van der Waals surface area contributed by atoms with Crippen molar-refractivity contribution in [3.63, 3.8) is 0 Å². The van der Waals surface area contributed by atoms with Gasteiger partial charge in [0.15, 0.2) is 17.5 Å². The number of rotatable bonds is 7. The summed E-state index contributed by atoms with van der Waals surface area (Å²) in [5.74, 6) is 1.96. The third-order valence-corrected chi connectivity index (χ3v) is 12.2. The molecule has 0 spiro atoms. The Kier molecular flexibility index (Phi) is 8.82. The monoisotopic (exact) mass is 805 g/mol. The number of para-hydroxylation sites is 3. The number of aromatic nitrogens is 5. The minimum Gasteiger partial charge on any atom is -0.309 e. The summed E-state index contributed by atoms with van der Waals surface area (Å²) in [6, 6.07) is 71.1. The Morgan fingerprint density at radius 3 is 1.46 bits per heavy atom. The number of nitrogens with zero attached hydrogens (tertiary/aromatic N) is 5. The number of fused-ring (bicyclic) bond motifs is 6. The highest BCUT2D eigenvalue weighted by molar-refractivity contribution is 6.11. The summed E-state index contributed by atoms with van der Waals surface area (Å²) in [5.41, 5.74) is 14.4. The van der Waals surface area contributed by atoms with Gasteiger partial charge in [0.2, 0.25) is 0 Å². The molecule has 0 radical (unpaired) electrons. The molecular formula is C58H39N5. The Hall–Kier alpha value is -8.41. The summed E-state index contributed by atoms with van der Waals surface area (Å²) in [5, 5.41) is 4.92. The average Bonchev–Trinajstić information content (AvgIpc) is 3.74. The number of allylic oxidation sites excluding steroid dienone is 6. The lowest BCUT2D eigenvalue weighted by Gasteiger charge is -2.12. The van der Waals surface area contributed by atoms with E-state index in [4.69, 9.17) is 15.0 Å². The first-order chi connectivity index (χ1) is 31.2. The van der Waals surface area contributed by atoms with Gasteiger partial charge in [-0.3, -0.25) is 0 Å². The fourth-order valence-electron chi connectivity index (χ4n) is 9.20. The largest absolute Gasteiger partial charge is 0.309 e. The molecule has 0 aliphatic heterocycles. The minimum atomic E-state index is 0.651. The molecule has 1 aliphatic carbocycles. The van der Waals surface area contributed by atoms with Gasteiger partial charge in [0.05, 0.1) is 22.1 Å². The van der Waals surface area contributed by atoms with Gasteiger partial charge in [-0.05, 0) is 83.3 Å². The molecule has 12 rings (SSSR count). The van der Waals surface area contributed by atoms with E-state index in [2.05, 4.69) is 173 Å². The van der Waals surface area contributed by atoms with E-state index in [9.17, 15) is 0 Å². The van der Waals surface area contributed by atoms with E-state index in [1.165, 1.54) is 43.7 Å². The van der Waals surface area contributed by atoms with Gasteiger partial charge in [0, 0.05) is 49.6 Å². The van der Waals surface area contributed by atoms with Crippen molar-refractivity contribution >= 4 is 54.8 Å². The van der Waals surface area contributed by atoms with Crippen LogP contribution in [0, 0.1) is 0 Å². The molecule has 0 saturated heterocycles. The maximum absolute atomic E-state index is 5.07. The highest BCUT2D eigenvalue weighted by Gasteiger charge is 2.18. The van der Waals surface area contributed by atoms with Crippen molar-refractivity contribution in [3.8, 4) is 45.3 Å². The van der Waals surface area contributed by atoms with E-state index in [-0.39, 0.29) is 0 Å². The first-order valence-electron chi connectivity index (χ1n) is 21.4. The maximum atomic E-state index is 5.07. The van der Waals surface area contributed by atoms with Crippen LogP contribution < -0.4 is 0 Å². The standard InChI is InChI=1S/C58H39N5/c1-4-17-39(18-5-1)56-59-57(40-19-6-2-7-20-40)61-58(60-56)45-22-11-10-21-41(35-45)43-31-33-51-49-28-13-15-30-53(49)63(55(51)37-43)47-26-16-23-42(36-47)44-32-34-50-48-27-12-14-29-52(48)62(54(50)38-44)46-24-8-3-9-25-46/h1-10,12-38H,11H2. The summed E-state index contributed by atoms with van der Waals surface area (Å²) in [6.07, 6.45) is 9.63. The molecule has 296 valence electrons. The molecule has 0 bridgehead atoms. The summed E-state index contributed by atoms with van der Waals surface area (Å²) < 4.78 is 4.80. The summed E-state index contributed by atoms with van der Waals surface area (Å²) >= 11 is 0. The Morgan fingerprint density at radius 1 is 0.333 bits per heavy atom. The average molecular weight is 806 g/mol. The van der Waals surface area contributed by atoms with Gasteiger partial charge >= 0.3 is 0 Å². The molecule has 3 heterocycles. The van der Waals surface area contributed by atoms with E-state index in [1.807, 2.05) is 60.7 Å². The zero-order valence-corrected chi connectivity index (χ0v) is 34.3. The van der Waals surface area contributed by atoms with Crippen LogP contribution in [0.4, 0.5) is 0 Å². The molecule has 0 fully saturated rings. The van der Waals surface area contributed by atoms with Crippen LogP contribution in [-0.2, 0) is 0 Å².